The molecule has 2 aromatic carbocycles. The highest BCUT2D eigenvalue weighted by molar-refractivity contribution is 7.17. The summed E-state index contributed by atoms with van der Waals surface area (Å²) >= 11 is 1.44. The number of para-hydroxylation sites is 1. The smallest absolute Gasteiger partial charge is 0.272 e. The molecule has 0 saturated carbocycles. The molecule has 0 N–H and O–H groups in total. The average molecular weight is 417 g/mol. The van der Waals surface area contributed by atoms with Gasteiger partial charge in [0.05, 0.1) is 12.1 Å². The molecule has 8 heteroatoms. The molecule has 0 unspecified atom stereocenters. The maximum Gasteiger partial charge on any atom is 0.272 e. The van der Waals surface area contributed by atoms with Crippen LogP contribution in [0.5, 0.6) is 11.5 Å². The number of benzene rings is 2. The molecular weight excluding hydrogens is 398 g/mol. The quantitative estimate of drug-likeness (QED) is 0.431. The van der Waals surface area contributed by atoms with E-state index in [1.807, 2.05) is 77.5 Å². The molecule has 7 nitrogen and oxygen atoms in total. The Balaban J connectivity index is 1.42. The van der Waals surface area contributed by atoms with Gasteiger partial charge in [-0.2, -0.15) is 0 Å². The van der Waals surface area contributed by atoms with Crippen LogP contribution in [0.15, 0.2) is 70.8 Å². The van der Waals surface area contributed by atoms with Gasteiger partial charge >= 0.3 is 0 Å². The summed E-state index contributed by atoms with van der Waals surface area (Å²) in [7, 11) is 3.73. The van der Waals surface area contributed by atoms with Crippen LogP contribution in [0.2, 0.25) is 0 Å². The first-order valence-corrected chi connectivity index (χ1v) is 10.3. The van der Waals surface area contributed by atoms with Crippen LogP contribution < -0.4 is 15.2 Å². The van der Waals surface area contributed by atoms with Crippen LogP contribution in [-0.4, -0.2) is 26.2 Å². The van der Waals surface area contributed by atoms with Gasteiger partial charge in [-0.15, -0.1) is 21.5 Å². The van der Waals surface area contributed by atoms with Crippen LogP contribution in [-0.2, 0) is 13.6 Å². The predicted molar refractivity (Wildman–Crippen MR) is 119 cm³/mol. The molecule has 150 valence electrons. The second-order valence-electron chi connectivity index (χ2n) is 7.02. The Morgan fingerprint density at radius 2 is 1.73 bits per heavy atom. The topological polar surface area (TPSA) is 64.7 Å². The van der Waals surface area contributed by atoms with Gasteiger partial charge in [-0.1, -0.05) is 18.2 Å². The number of nitrogens with zero attached hydrogens (tertiary/aromatic N) is 5. The fourth-order valence-electron chi connectivity index (χ4n) is 3.45. The van der Waals surface area contributed by atoms with Gasteiger partial charge in [-0.05, 0) is 47.8 Å². The molecule has 0 amide bonds. The zero-order valence-corrected chi connectivity index (χ0v) is 17.3. The number of anilines is 1. The second-order valence-corrected chi connectivity index (χ2v) is 7.93. The molecule has 0 saturated heterocycles. The molecular formula is C22H19N5O2S. The van der Waals surface area contributed by atoms with Crippen molar-refractivity contribution >= 4 is 33.0 Å². The first-order valence-electron chi connectivity index (χ1n) is 9.46. The van der Waals surface area contributed by atoms with Crippen molar-refractivity contribution in [3.05, 3.63) is 82.2 Å². The summed E-state index contributed by atoms with van der Waals surface area (Å²) in [5.41, 5.74) is 1.82. The molecule has 0 aliphatic carbocycles. The second kappa shape index (κ2) is 7.31. The van der Waals surface area contributed by atoms with Crippen molar-refractivity contribution in [2.24, 2.45) is 7.05 Å². The van der Waals surface area contributed by atoms with E-state index in [4.69, 9.17) is 4.74 Å². The van der Waals surface area contributed by atoms with Crippen molar-refractivity contribution in [3.63, 3.8) is 0 Å². The lowest BCUT2D eigenvalue weighted by Gasteiger charge is -2.19. The van der Waals surface area contributed by atoms with E-state index in [1.165, 1.54) is 11.3 Å². The summed E-state index contributed by atoms with van der Waals surface area (Å²) in [6, 6.07) is 19.6. The van der Waals surface area contributed by atoms with Gasteiger partial charge in [0, 0.05) is 19.8 Å². The maximum atomic E-state index is 12.5. The number of rotatable bonds is 5. The van der Waals surface area contributed by atoms with E-state index in [1.54, 1.807) is 11.6 Å². The lowest BCUT2D eigenvalue weighted by Crippen LogP contribution is -2.21. The Bertz CT molecular complexity index is 1390. The Kier molecular flexibility index (Phi) is 4.48. The largest absolute Gasteiger partial charge is 0.457 e. The number of hydrogen-bond acceptors (Lipinski definition) is 6. The summed E-state index contributed by atoms with van der Waals surface area (Å²) in [4.78, 5) is 14.6. The van der Waals surface area contributed by atoms with Crippen molar-refractivity contribution in [1.82, 2.24) is 19.2 Å². The van der Waals surface area contributed by atoms with E-state index in [2.05, 4.69) is 15.1 Å². The SMILES string of the molecule is CN(Cc1nnc2n(C)c(=O)c3sccc3n12)c1ccc(Oc2ccccc2)cc1. The van der Waals surface area contributed by atoms with Gasteiger partial charge in [0.1, 0.15) is 16.2 Å². The number of thiophene rings is 1. The summed E-state index contributed by atoms with van der Waals surface area (Å²) in [6.07, 6.45) is 0. The van der Waals surface area contributed by atoms with Crippen molar-refractivity contribution in [3.8, 4) is 11.5 Å². The summed E-state index contributed by atoms with van der Waals surface area (Å²) in [5.74, 6) is 2.90. The number of fused-ring (bicyclic) bond motifs is 3. The summed E-state index contributed by atoms with van der Waals surface area (Å²) < 4.78 is 10.1. The molecule has 0 spiro atoms. The fourth-order valence-corrected chi connectivity index (χ4v) is 4.30. The van der Waals surface area contributed by atoms with Crippen molar-refractivity contribution in [2.75, 3.05) is 11.9 Å². The highest BCUT2D eigenvalue weighted by Gasteiger charge is 2.16. The lowest BCUT2D eigenvalue weighted by molar-refractivity contribution is 0.482. The third-order valence-corrected chi connectivity index (χ3v) is 5.92. The first-order chi connectivity index (χ1) is 14.6. The minimum Gasteiger partial charge on any atom is -0.457 e. The molecule has 30 heavy (non-hydrogen) atoms. The molecule has 5 aromatic rings. The van der Waals surface area contributed by atoms with Crippen LogP contribution in [0, 0.1) is 0 Å². The van der Waals surface area contributed by atoms with E-state index >= 15 is 0 Å². The van der Waals surface area contributed by atoms with E-state index in [0.717, 1.165) is 28.5 Å². The zero-order chi connectivity index (χ0) is 20.7. The molecule has 3 heterocycles. The fraction of sp³-hybridized carbons (Fsp3) is 0.136. The van der Waals surface area contributed by atoms with Gasteiger partial charge in [-0.25, -0.2) is 0 Å². The average Bonchev–Trinajstić information content (AvgIpc) is 3.40. The summed E-state index contributed by atoms with van der Waals surface area (Å²) in [6.45, 7) is 0.545. The van der Waals surface area contributed by atoms with Gasteiger partial charge in [0.2, 0.25) is 5.78 Å². The van der Waals surface area contributed by atoms with Crippen LogP contribution in [0.25, 0.3) is 16.0 Å². The standard InChI is InChI=1S/C22H19N5O2S/c1-25(15-8-10-17(11-9-15)29-16-6-4-3-5-7-16)14-19-23-24-22-26(2)21(28)20-18(27(19)22)12-13-30-20/h3-13H,14H2,1-2H3. The number of hydrogen-bond donors (Lipinski definition) is 0. The number of ether oxygens (including phenoxy) is 1. The highest BCUT2D eigenvalue weighted by atomic mass is 32.1. The van der Waals surface area contributed by atoms with Crippen LogP contribution in [0.1, 0.15) is 5.82 Å². The van der Waals surface area contributed by atoms with Gasteiger partial charge in [0.15, 0.2) is 5.82 Å². The van der Waals surface area contributed by atoms with Gasteiger partial charge < -0.3 is 9.64 Å². The van der Waals surface area contributed by atoms with E-state index in [9.17, 15) is 4.79 Å². The normalized spacial score (nSPS) is 11.3. The van der Waals surface area contributed by atoms with Crippen LogP contribution in [0.4, 0.5) is 5.69 Å². The Morgan fingerprint density at radius 1 is 1.00 bits per heavy atom. The maximum absolute atomic E-state index is 12.5. The minimum absolute atomic E-state index is 0.0474. The number of aromatic nitrogens is 4. The van der Waals surface area contributed by atoms with Crippen LogP contribution in [0.3, 0.4) is 0 Å². The van der Waals surface area contributed by atoms with Crippen molar-refractivity contribution in [2.45, 2.75) is 6.54 Å². The van der Waals surface area contributed by atoms with E-state index in [-0.39, 0.29) is 5.56 Å². The Labute approximate surface area is 176 Å². The summed E-state index contributed by atoms with van der Waals surface area (Å²) in [5, 5.41) is 10.5. The molecule has 3 aromatic heterocycles. The molecule has 5 rings (SSSR count). The Morgan fingerprint density at radius 3 is 2.50 bits per heavy atom. The predicted octanol–water partition coefficient (Wildman–Crippen LogP) is 4.07. The lowest BCUT2D eigenvalue weighted by atomic mass is 10.2. The number of aryl methyl sites for hydroxylation is 1. The molecule has 0 atom stereocenters. The zero-order valence-electron chi connectivity index (χ0n) is 16.5. The molecule has 0 radical (unpaired) electrons. The first kappa shape index (κ1) is 18.4. The Hall–Kier alpha value is -3.65. The minimum atomic E-state index is -0.0474. The van der Waals surface area contributed by atoms with Crippen molar-refractivity contribution in [1.29, 1.82) is 0 Å². The van der Waals surface area contributed by atoms with E-state index < -0.39 is 0 Å². The van der Waals surface area contributed by atoms with E-state index in [0.29, 0.717) is 17.0 Å². The molecule has 0 bridgehead atoms. The third kappa shape index (κ3) is 3.11. The van der Waals surface area contributed by atoms with Gasteiger partial charge in [0.25, 0.3) is 5.56 Å². The van der Waals surface area contributed by atoms with Crippen LogP contribution >= 0.6 is 11.3 Å². The molecule has 0 aliphatic rings. The monoisotopic (exact) mass is 417 g/mol. The van der Waals surface area contributed by atoms with Crippen molar-refractivity contribution < 1.29 is 4.74 Å². The molecule has 0 aliphatic heterocycles. The third-order valence-electron chi connectivity index (χ3n) is 5.03. The molecule has 0 fully saturated rings. The van der Waals surface area contributed by atoms with Gasteiger partial charge in [-0.3, -0.25) is 13.8 Å². The highest BCUT2D eigenvalue weighted by Crippen LogP contribution is 2.25.